The number of rotatable bonds is 6. The first kappa shape index (κ1) is 28.9. The first-order valence-electron chi connectivity index (χ1n) is 13.4. The molecular weight excluding hydrogens is 571 g/mol. The molecule has 6 rings (SSSR count). The van der Waals surface area contributed by atoms with Gasteiger partial charge in [0.1, 0.15) is 5.15 Å². The number of carbonyl (C=O) groups excluding carboxylic acids is 2. The Labute approximate surface area is 252 Å². The van der Waals surface area contributed by atoms with Gasteiger partial charge in [0.15, 0.2) is 0 Å². The molecule has 2 aromatic carbocycles. The number of carbonyl (C=O) groups is 2. The fourth-order valence-electron chi connectivity index (χ4n) is 4.53. The molecule has 0 unspecified atom stereocenters. The van der Waals surface area contributed by atoms with Crippen molar-refractivity contribution in [3.8, 4) is 0 Å². The van der Waals surface area contributed by atoms with Crippen molar-refractivity contribution < 1.29 is 9.59 Å². The van der Waals surface area contributed by atoms with Crippen LogP contribution < -0.4 is 10.6 Å². The van der Waals surface area contributed by atoms with Crippen LogP contribution in [0.25, 0.3) is 21.8 Å². The van der Waals surface area contributed by atoms with Gasteiger partial charge in [0.05, 0.1) is 27.2 Å². The number of fused-ring (bicyclic) bond motifs is 2. The van der Waals surface area contributed by atoms with E-state index in [1.54, 1.807) is 24.4 Å². The highest BCUT2D eigenvalue weighted by Crippen LogP contribution is 2.23. The number of nitrogens with zero attached hydrogens (tertiary/aromatic N) is 4. The van der Waals surface area contributed by atoms with Gasteiger partial charge in [-0.3, -0.25) is 14.6 Å². The summed E-state index contributed by atoms with van der Waals surface area (Å²) in [6.07, 6.45) is 8.56. The van der Waals surface area contributed by atoms with Gasteiger partial charge >= 0.3 is 0 Å². The molecule has 10 heteroatoms. The average Bonchev–Trinajstić information content (AvgIpc) is 3.61. The first-order valence-corrected chi connectivity index (χ1v) is 14.1. The van der Waals surface area contributed by atoms with E-state index < -0.39 is 0 Å². The molecule has 0 saturated heterocycles. The van der Waals surface area contributed by atoms with Crippen molar-refractivity contribution >= 4 is 68.2 Å². The summed E-state index contributed by atoms with van der Waals surface area (Å²) in [6, 6.07) is 20.7. The van der Waals surface area contributed by atoms with Gasteiger partial charge in [0, 0.05) is 55.4 Å². The topological polar surface area (TPSA) is 93.8 Å². The molecule has 4 aromatic heterocycles. The second-order valence-electron chi connectivity index (χ2n) is 9.38. The highest BCUT2D eigenvalue weighted by molar-refractivity contribution is 6.34. The zero-order valence-electron chi connectivity index (χ0n) is 23.0. The molecule has 0 aliphatic heterocycles. The maximum atomic E-state index is 12.2. The Bertz CT molecular complexity index is 1880. The number of anilines is 2. The van der Waals surface area contributed by atoms with Gasteiger partial charge in [-0.15, -0.1) is 0 Å². The van der Waals surface area contributed by atoms with Crippen LogP contribution in [0.3, 0.4) is 0 Å². The number of hydrogen-bond acceptors (Lipinski definition) is 4. The maximum absolute atomic E-state index is 12.2. The zero-order valence-corrected chi connectivity index (χ0v) is 24.5. The molecule has 0 saturated carbocycles. The van der Waals surface area contributed by atoms with Crippen LogP contribution in [-0.4, -0.2) is 30.9 Å². The number of pyridine rings is 2. The Hall–Kier alpha value is -4.66. The van der Waals surface area contributed by atoms with E-state index in [9.17, 15) is 9.59 Å². The molecule has 0 atom stereocenters. The number of nitrogens with one attached hydrogen (secondary N) is 2. The third-order valence-corrected chi connectivity index (χ3v) is 7.30. The second kappa shape index (κ2) is 12.9. The Morgan fingerprint density at radius 1 is 0.738 bits per heavy atom. The lowest BCUT2D eigenvalue weighted by atomic mass is 10.2. The predicted octanol–water partition coefficient (Wildman–Crippen LogP) is 7.92. The standard InChI is InChI=1S/2C16H14ClN3O/c1-2-20-8-7-11-3-5-13(9-14(11)20)19-16(21)12-4-6-15(17)18-10-12;1-2-20-8-6-11-3-4-12(9-15(11)20)19-16(21)13-10-18-7-5-14(13)17/h2*3-10H,2H2,1H3,(H,19,21). The molecule has 212 valence electrons. The van der Waals surface area contributed by atoms with Crippen molar-refractivity contribution in [1.29, 1.82) is 0 Å². The van der Waals surface area contributed by atoms with E-state index in [1.165, 1.54) is 12.4 Å². The summed E-state index contributed by atoms with van der Waals surface area (Å²) in [7, 11) is 0. The molecule has 2 N–H and O–H groups in total. The first-order chi connectivity index (χ1) is 20.4. The molecule has 0 aliphatic carbocycles. The van der Waals surface area contributed by atoms with Crippen LogP contribution in [0.15, 0.2) is 97.7 Å². The van der Waals surface area contributed by atoms with E-state index >= 15 is 0 Å². The number of amides is 2. The minimum Gasteiger partial charge on any atom is -0.348 e. The highest BCUT2D eigenvalue weighted by atomic mass is 35.5. The van der Waals surface area contributed by atoms with Crippen LogP contribution in [0, 0.1) is 0 Å². The molecule has 2 amide bonds. The summed E-state index contributed by atoms with van der Waals surface area (Å²) in [5.74, 6) is -0.463. The maximum Gasteiger partial charge on any atom is 0.258 e. The predicted molar refractivity (Wildman–Crippen MR) is 170 cm³/mol. The average molecular weight is 600 g/mol. The van der Waals surface area contributed by atoms with E-state index in [-0.39, 0.29) is 11.8 Å². The number of benzene rings is 2. The molecule has 0 fully saturated rings. The number of halogens is 2. The molecule has 0 spiro atoms. The summed E-state index contributed by atoms with van der Waals surface area (Å²) in [5.41, 5.74) is 4.53. The van der Waals surface area contributed by atoms with E-state index in [0.29, 0.717) is 21.3 Å². The van der Waals surface area contributed by atoms with Gasteiger partial charge in [0.25, 0.3) is 11.8 Å². The van der Waals surface area contributed by atoms with Crippen molar-refractivity contribution in [3.63, 3.8) is 0 Å². The summed E-state index contributed by atoms with van der Waals surface area (Å²) in [6.45, 7) is 5.95. The van der Waals surface area contributed by atoms with Crippen molar-refractivity contribution in [3.05, 3.63) is 119 Å². The zero-order chi connectivity index (χ0) is 29.6. The minimum absolute atomic E-state index is 0.201. The van der Waals surface area contributed by atoms with Gasteiger partial charge in [-0.05, 0) is 79.2 Å². The van der Waals surface area contributed by atoms with Gasteiger partial charge in [-0.2, -0.15) is 0 Å². The van der Waals surface area contributed by atoms with E-state index in [4.69, 9.17) is 23.2 Å². The largest absolute Gasteiger partial charge is 0.348 e. The van der Waals surface area contributed by atoms with Crippen LogP contribution in [-0.2, 0) is 13.1 Å². The van der Waals surface area contributed by atoms with Crippen LogP contribution >= 0.6 is 23.2 Å². The molecular formula is C32H28Cl2N6O2. The summed E-state index contributed by atoms with van der Waals surface area (Å²) in [4.78, 5) is 32.2. The van der Waals surface area contributed by atoms with Crippen LogP contribution in [0.4, 0.5) is 11.4 Å². The lowest BCUT2D eigenvalue weighted by Gasteiger charge is -2.08. The van der Waals surface area contributed by atoms with Crippen molar-refractivity contribution in [2.24, 2.45) is 0 Å². The van der Waals surface area contributed by atoms with Gasteiger partial charge in [-0.1, -0.05) is 35.3 Å². The quantitative estimate of drug-likeness (QED) is 0.190. The van der Waals surface area contributed by atoms with E-state index in [2.05, 4.69) is 55.7 Å². The summed E-state index contributed by atoms with van der Waals surface area (Å²) >= 11 is 11.7. The van der Waals surface area contributed by atoms with Gasteiger partial charge in [-0.25, -0.2) is 4.98 Å². The van der Waals surface area contributed by atoms with Gasteiger partial charge < -0.3 is 19.8 Å². The van der Waals surface area contributed by atoms with Crippen molar-refractivity contribution in [2.45, 2.75) is 26.9 Å². The number of aromatic nitrogens is 4. The fourth-order valence-corrected chi connectivity index (χ4v) is 4.83. The van der Waals surface area contributed by atoms with E-state index in [0.717, 1.165) is 46.3 Å². The molecule has 0 bridgehead atoms. The normalized spacial score (nSPS) is 10.8. The van der Waals surface area contributed by atoms with Crippen LogP contribution in [0.5, 0.6) is 0 Å². The highest BCUT2D eigenvalue weighted by Gasteiger charge is 2.11. The molecule has 8 nitrogen and oxygen atoms in total. The monoisotopic (exact) mass is 598 g/mol. The lowest BCUT2D eigenvalue weighted by molar-refractivity contribution is 0.101. The Kier molecular flexibility index (Phi) is 8.85. The molecule has 6 aromatic rings. The Morgan fingerprint density at radius 2 is 1.33 bits per heavy atom. The summed E-state index contributed by atoms with van der Waals surface area (Å²) in [5, 5.41) is 8.79. The molecule has 42 heavy (non-hydrogen) atoms. The van der Waals surface area contributed by atoms with Crippen molar-refractivity contribution in [1.82, 2.24) is 19.1 Å². The third kappa shape index (κ3) is 6.46. The van der Waals surface area contributed by atoms with Crippen molar-refractivity contribution in [2.75, 3.05) is 10.6 Å². The Balaban J connectivity index is 0.000000168. The smallest absolute Gasteiger partial charge is 0.258 e. The molecule has 0 aliphatic rings. The van der Waals surface area contributed by atoms with Crippen LogP contribution in [0.2, 0.25) is 10.2 Å². The fraction of sp³-hybridized carbons (Fsp3) is 0.125. The minimum atomic E-state index is -0.262. The molecule has 4 heterocycles. The number of aryl methyl sites for hydroxylation is 2. The van der Waals surface area contributed by atoms with Crippen LogP contribution in [0.1, 0.15) is 34.6 Å². The SMILES string of the molecule is CCn1ccc2ccc(NC(=O)c3ccc(Cl)nc3)cc21.CCn1ccc2ccc(NC(=O)c3cnccc3Cl)cc21. The van der Waals surface area contributed by atoms with Gasteiger partial charge in [0.2, 0.25) is 0 Å². The Morgan fingerprint density at radius 3 is 1.86 bits per heavy atom. The third-order valence-electron chi connectivity index (χ3n) is 6.75. The number of hydrogen-bond donors (Lipinski definition) is 2. The second-order valence-corrected chi connectivity index (χ2v) is 10.2. The molecule has 0 radical (unpaired) electrons. The summed E-state index contributed by atoms with van der Waals surface area (Å²) < 4.78 is 4.26. The van der Waals surface area contributed by atoms with E-state index in [1.807, 2.05) is 48.8 Å². The lowest BCUT2D eigenvalue weighted by Crippen LogP contribution is -2.12.